The van der Waals surface area contributed by atoms with Crippen molar-refractivity contribution in [3.05, 3.63) is 71.9 Å². The lowest BCUT2D eigenvalue weighted by Gasteiger charge is -2.18. The molecule has 1 fully saturated rings. The zero-order valence-electron chi connectivity index (χ0n) is 18.1. The van der Waals surface area contributed by atoms with Gasteiger partial charge >= 0.3 is 0 Å². The first-order chi connectivity index (χ1) is 16.1. The molecular weight excluding hydrogens is 421 g/mol. The maximum absolute atomic E-state index is 14.1. The first-order valence-electron chi connectivity index (χ1n) is 10.8. The maximum Gasteiger partial charge on any atom is 0.251 e. The molecule has 1 N–H and O–H groups in total. The van der Waals surface area contributed by atoms with Crippen LogP contribution in [0.5, 0.6) is 11.5 Å². The number of nitrogens with zero attached hydrogens (tertiary/aromatic N) is 5. The van der Waals surface area contributed by atoms with Crippen LogP contribution in [0.4, 0.5) is 10.2 Å². The first kappa shape index (κ1) is 20.8. The fraction of sp³-hybridized carbons (Fsp3) is 0.240. The molecule has 1 saturated heterocycles. The molecule has 166 valence electrons. The Morgan fingerprint density at radius 2 is 2.06 bits per heavy atom. The number of hydrogen-bond acceptors (Lipinski definition) is 6. The molecule has 0 spiro atoms. The molecule has 4 heterocycles. The number of aromatic nitrogens is 3. The second-order valence-corrected chi connectivity index (χ2v) is 8.06. The summed E-state index contributed by atoms with van der Waals surface area (Å²) in [6, 6.07) is 15.3. The molecule has 5 rings (SSSR count). The fourth-order valence-electron chi connectivity index (χ4n) is 4.22. The Bertz CT molecular complexity index is 1340. The molecule has 8 heteroatoms. The molecule has 0 bridgehead atoms. The van der Waals surface area contributed by atoms with Gasteiger partial charge in [0.15, 0.2) is 0 Å². The van der Waals surface area contributed by atoms with Gasteiger partial charge in [0.1, 0.15) is 35.1 Å². The van der Waals surface area contributed by atoms with Crippen molar-refractivity contribution in [2.24, 2.45) is 0 Å². The van der Waals surface area contributed by atoms with Crippen LogP contribution in [-0.2, 0) is 6.42 Å². The summed E-state index contributed by atoms with van der Waals surface area (Å²) in [4.78, 5) is 6.74. The number of hydrogen-bond donors (Lipinski definition) is 1. The van der Waals surface area contributed by atoms with Crippen molar-refractivity contribution in [1.29, 1.82) is 5.26 Å². The van der Waals surface area contributed by atoms with Crippen molar-refractivity contribution >= 4 is 11.3 Å². The van der Waals surface area contributed by atoms with Crippen LogP contribution in [0.15, 0.2) is 54.9 Å². The predicted octanol–water partition coefficient (Wildman–Crippen LogP) is 4.33. The Labute approximate surface area is 190 Å². The van der Waals surface area contributed by atoms with Gasteiger partial charge < -0.3 is 14.7 Å². The smallest absolute Gasteiger partial charge is 0.251 e. The van der Waals surface area contributed by atoms with Gasteiger partial charge in [0, 0.05) is 30.3 Å². The number of ether oxygens (including phenoxy) is 1. The quantitative estimate of drug-likeness (QED) is 0.494. The Morgan fingerprint density at radius 1 is 1.24 bits per heavy atom. The van der Waals surface area contributed by atoms with Gasteiger partial charge in [-0.15, -0.1) is 5.10 Å². The van der Waals surface area contributed by atoms with E-state index in [0.717, 1.165) is 37.5 Å². The van der Waals surface area contributed by atoms with E-state index >= 15 is 0 Å². The predicted molar refractivity (Wildman–Crippen MR) is 122 cm³/mol. The summed E-state index contributed by atoms with van der Waals surface area (Å²) >= 11 is 0. The molecule has 3 aromatic heterocycles. The van der Waals surface area contributed by atoms with Crippen molar-refractivity contribution in [2.45, 2.75) is 25.9 Å². The summed E-state index contributed by atoms with van der Waals surface area (Å²) in [6.07, 6.45) is 4.91. The lowest BCUT2D eigenvalue weighted by molar-refractivity contribution is 0.225. The monoisotopic (exact) mass is 443 g/mol. The average Bonchev–Trinajstić information content (AvgIpc) is 3.42. The van der Waals surface area contributed by atoms with E-state index in [0.29, 0.717) is 16.6 Å². The normalized spacial score (nSPS) is 15.7. The van der Waals surface area contributed by atoms with Crippen LogP contribution in [0.25, 0.3) is 16.6 Å². The number of pyridine rings is 2. The van der Waals surface area contributed by atoms with Crippen molar-refractivity contribution in [3.8, 4) is 28.7 Å². The molecule has 0 aliphatic carbocycles. The molecule has 0 radical (unpaired) electrons. The third kappa shape index (κ3) is 3.94. The lowest BCUT2D eigenvalue weighted by atomic mass is 10.1. The van der Waals surface area contributed by atoms with E-state index in [-0.39, 0.29) is 17.4 Å². The fourth-order valence-corrected chi connectivity index (χ4v) is 4.22. The minimum Gasteiger partial charge on any atom is -0.506 e. The molecular formula is C25H22FN5O2. The number of rotatable bonds is 5. The second-order valence-electron chi connectivity index (χ2n) is 8.06. The topological polar surface area (TPSA) is 86.7 Å². The molecule has 0 amide bonds. The van der Waals surface area contributed by atoms with Crippen LogP contribution in [0.2, 0.25) is 0 Å². The van der Waals surface area contributed by atoms with Gasteiger partial charge in [-0.2, -0.15) is 9.65 Å². The third-order valence-corrected chi connectivity index (χ3v) is 5.94. The number of anilines is 1. The van der Waals surface area contributed by atoms with Crippen molar-refractivity contribution in [3.63, 3.8) is 0 Å². The maximum atomic E-state index is 14.1. The van der Waals surface area contributed by atoms with E-state index in [1.807, 2.05) is 30.3 Å². The summed E-state index contributed by atoms with van der Waals surface area (Å²) < 4.78 is 21.4. The Morgan fingerprint density at radius 3 is 2.76 bits per heavy atom. The number of benzene rings is 1. The van der Waals surface area contributed by atoms with Crippen LogP contribution in [0, 0.1) is 17.3 Å². The lowest BCUT2D eigenvalue weighted by Crippen LogP contribution is -2.25. The second kappa shape index (κ2) is 8.43. The van der Waals surface area contributed by atoms with E-state index in [4.69, 9.17) is 4.74 Å². The van der Waals surface area contributed by atoms with Gasteiger partial charge in [0.25, 0.3) is 5.95 Å². The Hall–Kier alpha value is -4.12. The van der Waals surface area contributed by atoms with Crippen molar-refractivity contribution in [2.75, 3.05) is 18.0 Å². The van der Waals surface area contributed by atoms with E-state index in [1.165, 1.54) is 22.3 Å². The van der Waals surface area contributed by atoms with Crippen LogP contribution >= 0.6 is 0 Å². The summed E-state index contributed by atoms with van der Waals surface area (Å²) in [5.41, 5.74) is 2.55. The molecule has 1 atom stereocenters. The van der Waals surface area contributed by atoms with Gasteiger partial charge in [-0.3, -0.25) is 0 Å². The molecule has 4 aromatic rings. The summed E-state index contributed by atoms with van der Waals surface area (Å²) in [5, 5.41) is 23.1. The molecule has 0 saturated carbocycles. The standard InChI is InChI=1S/C25H22FN5O2/c1-2-16-3-6-19(7-4-16)33-20-9-10-30(15-20)23-8-5-17(13-28-23)21-11-18(32)14-31-24(21)22(12-27)25(26)29-31/h3-8,11,13-14,20,32H,2,9-10,15H2,1H3/t20-/m0/s1. The highest BCUT2D eigenvalue weighted by Gasteiger charge is 2.25. The summed E-state index contributed by atoms with van der Waals surface area (Å²) in [7, 11) is 0. The number of aromatic hydroxyl groups is 1. The van der Waals surface area contributed by atoms with E-state index in [2.05, 4.69) is 34.0 Å². The zero-order valence-corrected chi connectivity index (χ0v) is 18.1. The van der Waals surface area contributed by atoms with Crippen LogP contribution in [0.3, 0.4) is 0 Å². The molecule has 33 heavy (non-hydrogen) atoms. The highest BCUT2D eigenvalue weighted by Crippen LogP contribution is 2.32. The minimum absolute atomic E-state index is 0.0811. The summed E-state index contributed by atoms with van der Waals surface area (Å²) in [5.74, 6) is 0.723. The molecule has 0 unspecified atom stereocenters. The van der Waals surface area contributed by atoms with Gasteiger partial charge in [0.05, 0.1) is 18.3 Å². The Kier molecular flexibility index (Phi) is 5.31. The molecule has 1 aromatic carbocycles. The molecule has 7 nitrogen and oxygen atoms in total. The van der Waals surface area contributed by atoms with Gasteiger partial charge in [0.2, 0.25) is 0 Å². The average molecular weight is 443 g/mol. The van der Waals surface area contributed by atoms with E-state index < -0.39 is 5.95 Å². The number of halogens is 1. The van der Waals surface area contributed by atoms with E-state index in [9.17, 15) is 14.8 Å². The Balaban J connectivity index is 1.35. The van der Waals surface area contributed by atoms with Gasteiger partial charge in [-0.1, -0.05) is 19.1 Å². The van der Waals surface area contributed by atoms with Crippen LogP contribution in [-0.4, -0.2) is 38.9 Å². The first-order valence-corrected chi connectivity index (χ1v) is 10.8. The van der Waals surface area contributed by atoms with Crippen LogP contribution < -0.4 is 9.64 Å². The third-order valence-electron chi connectivity index (χ3n) is 5.94. The largest absolute Gasteiger partial charge is 0.506 e. The molecule has 1 aliphatic rings. The number of nitriles is 1. The summed E-state index contributed by atoms with van der Waals surface area (Å²) in [6.45, 7) is 3.68. The SMILES string of the molecule is CCc1ccc(O[C@H]2CCN(c3ccc(-c4cc(O)cn5nc(F)c(C#N)c45)cn3)C2)cc1. The molecule has 1 aliphatic heterocycles. The van der Waals surface area contributed by atoms with Crippen LogP contribution in [0.1, 0.15) is 24.5 Å². The van der Waals surface area contributed by atoms with Crippen molar-refractivity contribution < 1.29 is 14.2 Å². The van der Waals surface area contributed by atoms with Gasteiger partial charge in [-0.05, 0) is 42.3 Å². The number of aryl methyl sites for hydroxylation is 1. The van der Waals surface area contributed by atoms with Crippen molar-refractivity contribution in [1.82, 2.24) is 14.6 Å². The highest BCUT2D eigenvalue weighted by atomic mass is 19.1. The number of fused-ring (bicyclic) bond motifs is 1. The highest BCUT2D eigenvalue weighted by molar-refractivity contribution is 5.85. The van der Waals surface area contributed by atoms with Gasteiger partial charge in [-0.25, -0.2) is 9.50 Å². The minimum atomic E-state index is -0.874. The van der Waals surface area contributed by atoms with E-state index in [1.54, 1.807) is 6.20 Å². The zero-order chi connectivity index (χ0) is 22.9.